The summed E-state index contributed by atoms with van der Waals surface area (Å²) in [5, 5.41) is 5.73. The molecule has 19 heavy (non-hydrogen) atoms. The smallest absolute Gasteiger partial charge is 0.229 e. The summed E-state index contributed by atoms with van der Waals surface area (Å²) < 4.78 is 24.8. The molecule has 0 heterocycles. The first-order chi connectivity index (χ1) is 8.92. The normalized spacial score (nSPS) is 11.1. The van der Waals surface area contributed by atoms with Gasteiger partial charge in [-0.2, -0.15) is 0 Å². The van der Waals surface area contributed by atoms with Crippen LogP contribution in [0.1, 0.15) is 13.3 Å². The number of hydrogen-bond donors (Lipinski definition) is 3. The zero-order chi connectivity index (χ0) is 14.3. The summed E-state index contributed by atoms with van der Waals surface area (Å²) in [7, 11) is -3.37. The molecular formula is C12H19N3O3S. The van der Waals surface area contributed by atoms with Crippen molar-refractivity contribution in [1.82, 2.24) is 5.32 Å². The van der Waals surface area contributed by atoms with E-state index in [1.807, 2.05) is 6.92 Å². The number of rotatable bonds is 7. The Morgan fingerprint density at radius 2 is 1.84 bits per heavy atom. The number of carbonyl (C=O) groups excluding carboxylic acids is 1. The first kappa shape index (κ1) is 15.5. The summed E-state index contributed by atoms with van der Waals surface area (Å²) in [6, 6.07) is 6.68. The summed E-state index contributed by atoms with van der Waals surface area (Å²) in [5.41, 5.74) is 0.816. The standard InChI is InChI=1S/C12H19N3O3S/c1-3-13-9-8-12(16)14-10-6-4-5-7-11(10)15-19(2,17)18/h4-7,13,15H,3,8-9H2,1-2H3,(H,14,16). The molecule has 3 N–H and O–H groups in total. The van der Waals surface area contributed by atoms with Crippen LogP contribution in [0.4, 0.5) is 11.4 Å². The summed E-state index contributed by atoms with van der Waals surface area (Å²) >= 11 is 0. The van der Waals surface area contributed by atoms with Crippen molar-refractivity contribution in [2.75, 3.05) is 29.4 Å². The van der Waals surface area contributed by atoms with E-state index in [9.17, 15) is 13.2 Å². The number of amides is 1. The van der Waals surface area contributed by atoms with Crippen molar-refractivity contribution < 1.29 is 13.2 Å². The van der Waals surface area contributed by atoms with E-state index in [0.717, 1.165) is 12.8 Å². The molecule has 1 amide bonds. The zero-order valence-corrected chi connectivity index (χ0v) is 11.9. The quantitative estimate of drug-likeness (QED) is 0.652. The summed E-state index contributed by atoms with van der Waals surface area (Å²) in [6.45, 7) is 3.35. The van der Waals surface area contributed by atoms with Gasteiger partial charge in [0, 0.05) is 13.0 Å². The fraction of sp³-hybridized carbons (Fsp3) is 0.417. The van der Waals surface area contributed by atoms with Crippen LogP contribution in [0.5, 0.6) is 0 Å². The first-order valence-corrected chi connectivity index (χ1v) is 7.89. The zero-order valence-electron chi connectivity index (χ0n) is 11.1. The largest absolute Gasteiger partial charge is 0.324 e. The number of hydrogen-bond acceptors (Lipinski definition) is 4. The van der Waals surface area contributed by atoms with Crippen molar-refractivity contribution in [3.05, 3.63) is 24.3 Å². The molecule has 1 aromatic rings. The highest BCUT2D eigenvalue weighted by atomic mass is 32.2. The maximum absolute atomic E-state index is 11.7. The van der Waals surface area contributed by atoms with Crippen molar-refractivity contribution in [3.63, 3.8) is 0 Å². The van der Waals surface area contributed by atoms with E-state index in [1.54, 1.807) is 24.3 Å². The molecule has 106 valence electrons. The molecule has 0 bridgehead atoms. The third-order valence-corrected chi connectivity index (χ3v) is 2.87. The van der Waals surface area contributed by atoms with Gasteiger partial charge in [0.2, 0.25) is 15.9 Å². The van der Waals surface area contributed by atoms with Crippen LogP contribution in [0.15, 0.2) is 24.3 Å². The van der Waals surface area contributed by atoms with Crippen LogP contribution in [0.2, 0.25) is 0 Å². The van der Waals surface area contributed by atoms with Crippen LogP contribution in [-0.4, -0.2) is 33.7 Å². The van der Waals surface area contributed by atoms with Gasteiger partial charge >= 0.3 is 0 Å². The molecule has 0 unspecified atom stereocenters. The molecule has 1 aromatic carbocycles. The summed E-state index contributed by atoms with van der Waals surface area (Å²) in [6.07, 6.45) is 1.40. The van der Waals surface area contributed by atoms with Crippen LogP contribution in [0.3, 0.4) is 0 Å². The number of sulfonamides is 1. The van der Waals surface area contributed by atoms with Gasteiger partial charge in [0.25, 0.3) is 0 Å². The van der Waals surface area contributed by atoms with E-state index in [2.05, 4.69) is 15.4 Å². The van der Waals surface area contributed by atoms with Crippen molar-refractivity contribution in [1.29, 1.82) is 0 Å². The van der Waals surface area contributed by atoms with Gasteiger partial charge in [-0.15, -0.1) is 0 Å². The van der Waals surface area contributed by atoms with Gasteiger partial charge in [-0.1, -0.05) is 19.1 Å². The van der Waals surface area contributed by atoms with Gasteiger partial charge in [-0.3, -0.25) is 9.52 Å². The molecule has 0 atom stereocenters. The van der Waals surface area contributed by atoms with E-state index >= 15 is 0 Å². The molecule has 1 rings (SSSR count). The minimum atomic E-state index is -3.37. The SMILES string of the molecule is CCNCCC(=O)Nc1ccccc1NS(C)(=O)=O. The van der Waals surface area contributed by atoms with Crippen molar-refractivity contribution in [2.24, 2.45) is 0 Å². The second kappa shape index (κ2) is 7.10. The van der Waals surface area contributed by atoms with Crippen LogP contribution >= 0.6 is 0 Å². The lowest BCUT2D eigenvalue weighted by Gasteiger charge is -2.11. The van der Waals surface area contributed by atoms with Gasteiger partial charge in [0.1, 0.15) is 0 Å². The molecule has 0 radical (unpaired) electrons. The predicted molar refractivity (Wildman–Crippen MR) is 76.7 cm³/mol. The lowest BCUT2D eigenvalue weighted by molar-refractivity contribution is -0.116. The van der Waals surface area contributed by atoms with Gasteiger partial charge in [0.05, 0.1) is 17.6 Å². The Morgan fingerprint density at radius 3 is 2.42 bits per heavy atom. The second-order valence-corrected chi connectivity index (χ2v) is 5.82. The molecule has 0 spiro atoms. The van der Waals surface area contributed by atoms with Crippen LogP contribution in [-0.2, 0) is 14.8 Å². The van der Waals surface area contributed by atoms with E-state index in [1.165, 1.54) is 0 Å². The van der Waals surface area contributed by atoms with Gasteiger partial charge < -0.3 is 10.6 Å². The van der Waals surface area contributed by atoms with E-state index in [4.69, 9.17) is 0 Å². The average Bonchev–Trinajstić information content (AvgIpc) is 2.30. The number of nitrogens with one attached hydrogen (secondary N) is 3. The third kappa shape index (κ3) is 6.21. The Hall–Kier alpha value is -1.60. The topological polar surface area (TPSA) is 87.3 Å². The minimum Gasteiger partial charge on any atom is -0.324 e. The average molecular weight is 285 g/mol. The molecule has 0 aliphatic rings. The number of anilines is 2. The molecular weight excluding hydrogens is 266 g/mol. The molecule has 0 saturated carbocycles. The predicted octanol–water partition coefficient (Wildman–Crippen LogP) is 0.996. The lowest BCUT2D eigenvalue weighted by Crippen LogP contribution is -2.22. The van der Waals surface area contributed by atoms with Crippen LogP contribution < -0.4 is 15.4 Å². The minimum absolute atomic E-state index is 0.163. The van der Waals surface area contributed by atoms with Crippen molar-refractivity contribution in [3.8, 4) is 0 Å². The first-order valence-electron chi connectivity index (χ1n) is 5.99. The fourth-order valence-corrected chi connectivity index (χ4v) is 2.05. The molecule has 7 heteroatoms. The highest BCUT2D eigenvalue weighted by molar-refractivity contribution is 7.92. The van der Waals surface area contributed by atoms with Crippen molar-refractivity contribution in [2.45, 2.75) is 13.3 Å². The molecule has 6 nitrogen and oxygen atoms in total. The fourth-order valence-electron chi connectivity index (χ4n) is 1.47. The summed E-state index contributed by atoms with van der Waals surface area (Å²) in [4.78, 5) is 11.7. The molecule has 0 aromatic heterocycles. The molecule has 0 aliphatic heterocycles. The Balaban J connectivity index is 2.70. The van der Waals surface area contributed by atoms with Crippen LogP contribution in [0.25, 0.3) is 0 Å². The van der Waals surface area contributed by atoms with Gasteiger partial charge in [0.15, 0.2) is 0 Å². The Labute approximate surface area is 113 Å². The highest BCUT2D eigenvalue weighted by Gasteiger charge is 2.09. The number of benzene rings is 1. The maximum atomic E-state index is 11.7. The highest BCUT2D eigenvalue weighted by Crippen LogP contribution is 2.21. The van der Waals surface area contributed by atoms with E-state index < -0.39 is 10.0 Å². The van der Waals surface area contributed by atoms with Crippen molar-refractivity contribution >= 4 is 27.3 Å². The van der Waals surface area contributed by atoms with E-state index in [-0.39, 0.29) is 5.91 Å². The monoisotopic (exact) mass is 285 g/mol. The maximum Gasteiger partial charge on any atom is 0.229 e. The number of para-hydroxylation sites is 2. The van der Waals surface area contributed by atoms with Crippen LogP contribution in [0, 0.1) is 0 Å². The molecule has 0 fully saturated rings. The van der Waals surface area contributed by atoms with E-state index in [0.29, 0.717) is 24.3 Å². The summed E-state index contributed by atoms with van der Waals surface area (Å²) in [5.74, 6) is -0.163. The molecule has 0 saturated heterocycles. The third-order valence-electron chi connectivity index (χ3n) is 2.28. The van der Waals surface area contributed by atoms with Gasteiger partial charge in [-0.25, -0.2) is 8.42 Å². The van der Waals surface area contributed by atoms with Gasteiger partial charge in [-0.05, 0) is 18.7 Å². The lowest BCUT2D eigenvalue weighted by atomic mass is 10.2. The number of carbonyl (C=O) groups is 1. The molecule has 0 aliphatic carbocycles. The Kier molecular flexibility index (Phi) is 5.78. The Bertz CT molecular complexity index is 529. The second-order valence-electron chi connectivity index (χ2n) is 4.07. The Morgan fingerprint density at radius 1 is 1.21 bits per heavy atom.